The summed E-state index contributed by atoms with van der Waals surface area (Å²) >= 11 is 0. The molecule has 1 aromatic heterocycles. The highest BCUT2D eigenvalue weighted by Crippen LogP contribution is 2.24. The van der Waals surface area contributed by atoms with Crippen LogP contribution in [-0.4, -0.2) is 35.1 Å². The monoisotopic (exact) mass is 287 g/mol. The molecule has 2 aromatic rings. The second kappa shape index (κ2) is 5.85. The first-order valence-electron chi connectivity index (χ1n) is 7.53. The van der Waals surface area contributed by atoms with Crippen LogP contribution in [0.2, 0.25) is 0 Å². The van der Waals surface area contributed by atoms with Crippen LogP contribution in [-0.2, 0) is 11.2 Å². The van der Waals surface area contributed by atoms with E-state index in [0.29, 0.717) is 18.2 Å². The lowest BCUT2D eigenvalue weighted by Crippen LogP contribution is -2.51. The van der Waals surface area contributed by atoms with Crippen molar-refractivity contribution in [3.63, 3.8) is 0 Å². The highest BCUT2D eigenvalue weighted by molar-refractivity contribution is 5.86. The van der Waals surface area contributed by atoms with Crippen LogP contribution in [0.3, 0.4) is 0 Å². The Morgan fingerprint density at radius 1 is 1.48 bits per heavy atom. The minimum absolute atomic E-state index is 0.0936. The lowest BCUT2D eigenvalue weighted by atomic mass is 9.90. The minimum Gasteiger partial charge on any atom is -0.356 e. The van der Waals surface area contributed by atoms with Crippen LogP contribution in [0, 0.1) is 5.92 Å². The summed E-state index contributed by atoms with van der Waals surface area (Å²) in [4.78, 5) is 14.5. The Morgan fingerprint density at radius 2 is 2.29 bits per heavy atom. The number of carbonyl (C=O) groups excluding carboxylic acids is 1. The summed E-state index contributed by atoms with van der Waals surface area (Å²) in [6.45, 7) is 3.48. The van der Waals surface area contributed by atoms with E-state index >= 15 is 0 Å². The van der Waals surface area contributed by atoms with Crippen molar-refractivity contribution in [3.8, 4) is 0 Å². The van der Waals surface area contributed by atoms with Crippen LogP contribution in [0.5, 0.6) is 0 Å². The normalized spacial score (nSPS) is 22.7. The quantitative estimate of drug-likeness (QED) is 0.936. The van der Waals surface area contributed by atoms with Gasteiger partial charge in [-0.15, -0.1) is 0 Å². The van der Waals surface area contributed by atoms with Crippen molar-refractivity contribution in [1.29, 1.82) is 0 Å². The van der Waals surface area contributed by atoms with E-state index in [2.05, 4.69) is 12.1 Å². The fraction of sp³-hybridized carbons (Fsp3) is 0.500. The Kier molecular flexibility index (Phi) is 3.92. The lowest BCUT2D eigenvalue weighted by Gasteiger charge is -2.39. The van der Waals surface area contributed by atoms with Crippen LogP contribution in [0.4, 0.5) is 0 Å². The average Bonchev–Trinajstić information content (AvgIpc) is 2.90. The van der Waals surface area contributed by atoms with Gasteiger partial charge in [0.25, 0.3) is 0 Å². The minimum atomic E-state index is 0.0936. The fourth-order valence-electron chi connectivity index (χ4n) is 3.23. The number of para-hydroxylation sites is 1. The van der Waals surface area contributed by atoms with Gasteiger partial charge in [-0.1, -0.05) is 24.2 Å². The molecule has 0 radical (unpaired) electrons. The van der Waals surface area contributed by atoms with E-state index in [4.69, 9.17) is 10.3 Å². The second-order valence-electron chi connectivity index (χ2n) is 5.81. The maximum atomic E-state index is 12.6. The maximum absolute atomic E-state index is 12.6. The molecule has 112 valence electrons. The third-order valence-corrected chi connectivity index (χ3v) is 4.45. The molecule has 3 rings (SSSR count). The molecule has 2 heterocycles. The fourth-order valence-corrected chi connectivity index (χ4v) is 3.23. The zero-order valence-electron chi connectivity index (χ0n) is 12.3. The summed E-state index contributed by atoms with van der Waals surface area (Å²) in [5.41, 5.74) is 7.30. The molecule has 2 unspecified atom stereocenters. The summed E-state index contributed by atoms with van der Waals surface area (Å²) < 4.78 is 5.27. The molecule has 1 aromatic carbocycles. The number of fused-ring (bicyclic) bond motifs is 1. The Labute approximate surface area is 124 Å². The largest absolute Gasteiger partial charge is 0.356 e. The van der Waals surface area contributed by atoms with Crippen LogP contribution < -0.4 is 5.73 Å². The van der Waals surface area contributed by atoms with E-state index < -0.39 is 0 Å². The van der Waals surface area contributed by atoms with Gasteiger partial charge in [0.1, 0.15) is 5.69 Å². The molecule has 1 amide bonds. The number of amides is 1. The molecule has 1 aliphatic rings. The van der Waals surface area contributed by atoms with Crippen molar-refractivity contribution < 1.29 is 9.32 Å². The molecule has 0 spiro atoms. The number of hydrogen-bond acceptors (Lipinski definition) is 4. The first-order chi connectivity index (χ1) is 10.2. The zero-order chi connectivity index (χ0) is 14.8. The van der Waals surface area contributed by atoms with E-state index in [-0.39, 0.29) is 18.4 Å². The summed E-state index contributed by atoms with van der Waals surface area (Å²) in [5, 5.41) is 4.96. The molecule has 2 atom stereocenters. The summed E-state index contributed by atoms with van der Waals surface area (Å²) in [5.74, 6) is 0.554. The highest BCUT2D eigenvalue weighted by Gasteiger charge is 2.31. The SMILES string of the molecule is CC1CCCN(C(=O)Cc2noc3ccccc23)C1CN. The Bertz CT molecular complexity index is 637. The molecule has 0 aliphatic carbocycles. The number of piperidine rings is 1. The van der Waals surface area contributed by atoms with Crippen LogP contribution in [0.15, 0.2) is 28.8 Å². The predicted molar refractivity (Wildman–Crippen MR) is 80.7 cm³/mol. The Balaban J connectivity index is 1.79. The number of benzene rings is 1. The van der Waals surface area contributed by atoms with Crippen LogP contribution in [0.25, 0.3) is 11.0 Å². The van der Waals surface area contributed by atoms with Gasteiger partial charge in [0, 0.05) is 24.5 Å². The van der Waals surface area contributed by atoms with E-state index in [9.17, 15) is 4.79 Å². The Morgan fingerprint density at radius 3 is 3.10 bits per heavy atom. The van der Waals surface area contributed by atoms with Crippen LogP contribution >= 0.6 is 0 Å². The summed E-state index contributed by atoms with van der Waals surface area (Å²) in [7, 11) is 0. The van der Waals surface area contributed by atoms with E-state index in [1.165, 1.54) is 0 Å². The molecule has 1 saturated heterocycles. The van der Waals surface area contributed by atoms with Gasteiger partial charge >= 0.3 is 0 Å². The van der Waals surface area contributed by atoms with Crippen molar-refractivity contribution in [2.24, 2.45) is 11.7 Å². The van der Waals surface area contributed by atoms with Crippen molar-refractivity contribution in [1.82, 2.24) is 10.1 Å². The molecule has 21 heavy (non-hydrogen) atoms. The molecular weight excluding hydrogens is 266 g/mol. The average molecular weight is 287 g/mol. The smallest absolute Gasteiger partial charge is 0.229 e. The molecule has 5 nitrogen and oxygen atoms in total. The number of hydrogen-bond donors (Lipinski definition) is 1. The van der Waals surface area contributed by atoms with Crippen molar-refractivity contribution in [2.45, 2.75) is 32.2 Å². The first kappa shape index (κ1) is 14.1. The molecular formula is C16H21N3O2. The van der Waals surface area contributed by atoms with E-state index in [1.54, 1.807) is 0 Å². The molecule has 2 N–H and O–H groups in total. The lowest BCUT2D eigenvalue weighted by molar-refractivity contribution is -0.135. The van der Waals surface area contributed by atoms with Gasteiger partial charge in [0.05, 0.1) is 6.42 Å². The second-order valence-corrected chi connectivity index (χ2v) is 5.81. The van der Waals surface area contributed by atoms with Gasteiger partial charge in [0.2, 0.25) is 5.91 Å². The van der Waals surface area contributed by atoms with Crippen molar-refractivity contribution in [2.75, 3.05) is 13.1 Å². The number of likely N-dealkylation sites (tertiary alicyclic amines) is 1. The van der Waals surface area contributed by atoms with E-state index in [0.717, 1.165) is 30.4 Å². The van der Waals surface area contributed by atoms with Crippen molar-refractivity contribution in [3.05, 3.63) is 30.0 Å². The molecule has 0 bridgehead atoms. The van der Waals surface area contributed by atoms with Gasteiger partial charge in [-0.3, -0.25) is 4.79 Å². The Hall–Kier alpha value is -1.88. The summed E-state index contributed by atoms with van der Waals surface area (Å²) in [6.07, 6.45) is 2.46. The number of carbonyl (C=O) groups is 1. The van der Waals surface area contributed by atoms with Gasteiger partial charge < -0.3 is 15.2 Å². The standard InChI is InChI=1S/C16H21N3O2/c1-11-5-4-8-19(14(11)10-17)16(20)9-13-12-6-2-3-7-15(12)21-18-13/h2-3,6-7,11,14H,4-5,8-10,17H2,1H3. The number of nitrogens with two attached hydrogens (primary N) is 1. The third kappa shape index (κ3) is 2.65. The van der Waals surface area contributed by atoms with Gasteiger partial charge in [-0.25, -0.2) is 0 Å². The number of nitrogens with zero attached hydrogens (tertiary/aromatic N) is 2. The molecule has 1 aliphatic heterocycles. The van der Waals surface area contributed by atoms with Crippen LogP contribution in [0.1, 0.15) is 25.5 Å². The van der Waals surface area contributed by atoms with Crippen molar-refractivity contribution >= 4 is 16.9 Å². The zero-order valence-corrected chi connectivity index (χ0v) is 12.3. The first-order valence-corrected chi connectivity index (χ1v) is 7.53. The molecule has 5 heteroatoms. The molecule has 1 fully saturated rings. The highest BCUT2D eigenvalue weighted by atomic mass is 16.5. The third-order valence-electron chi connectivity index (χ3n) is 4.45. The topological polar surface area (TPSA) is 72.4 Å². The van der Waals surface area contributed by atoms with E-state index in [1.807, 2.05) is 29.2 Å². The number of aromatic nitrogens is 1. The van der Waals surface area contributed by atoms with Gasteiger partial charge in [-0.2, -0.15) is 0 Å². The van der Waals surface area contributed by atoms with Gasteiger partial charge in [-0.05, 0) is 30.9 Å². The number of rotatable bonds is 3. The maximum Gasteiger partial charge on any atom is 0.229 e. The predicted octanol–water partition coefficient (Wildman–Crippen LogP) is 1.96. The molecule has 0 saturated carbocycles. The van der Waals surface area contributed by atoms with Gasteiger partial charge in [0.15, 0.2) is 5.58 Å². The summed E-state index contributed by atoms with van der Waals surface area (Å²) in [6, 6.07) is 7.77.